The lowest BCUT2D eigenvalue weighted by molar-refractivity contribution is 0.394. The second kappa shape index (κ2) is 9.77. The zero-order chi connectivity index (χ0) is 20.6. The van der Waals surface area contributed by atoms with Crippen LogP contribution in [0, 0.1) is 6.92 Å². The van der Waals surface area contributed by atoms with E-state index in [1.807, 2.05) is 37.4 Å². The van der Waals surface area contributed by atoms with Gasteiger partial charge >= 0.3 is 6.01 Å². The Morgan fingerprint density at radius 3 is 2.52 bits per heavy atom. The topological polar surface area (TPSA) is 85.5 Å². The van der Waals surface area contributed by atoms with Gasteiger partial charge in [-0.25, -0.2) is 0 Å². The summed E-state index contributed by atoms with van der Waals surface area (Å²) in [5.74, 6) is 1.85. The number of pyridine rings is 1. The number of rotatable bonds is 10. The Kier molecular flexibility index (Phi) is 6.89. The maximum atomic E-state index is 5.50. The third kappa shape index (κ3) is 5.37. The lowest BCUT2D eigenvalue weighted by Gasteiger charge is -2.17. The molecule has 2 heterocycles. The van der Waals surface area contributed by atoms with Gasteiger partial charge in [0, 0.05) is 48.8 Å². The van der Waals surface area contributed by atoms with Crippen molar-refractivity contribution in [1.82, 2.24) is 15.1 Å². The molecule has 0 aliphatic heterocycles. The molecule has 8 heteroatoms. The van der Waals surface area contributed by atoms with E-state index in [2.05, 4.69) is 32.3 Å². The van der Waals surface area contributed by atoms with Crippen LogP contribution in [0.2, 0.25) is 0 Å². The average molecular weight is 397 g/mol. The summed E-state index contributed by atoms with van der Waals surface area (Å²) in [5.41, 5.74) is 2.85. The van der Waals surface area contributed by atoms with Gasteiger partial charge in [0.05, 0.1) is 14.2 Å². The lowest BCUT2D eigenvalue weighted by atomic mass is 10.2. The van der Waals surface area contributed by atoms with Crippen molar-refractivity contribution >= 4 is 11.7 Å². The monoisotopic (exact) mass is 397 g/mol. The van der Waals surface area contributed by atoms with Gasteiger partial charge in [-0.2, -0.15) is 4.98 Å². The molecule has 3 aromatic rings. The number of ether oxygens (including phenoxy) is 2. The predicted octanol–water partition coefficient (Wildman–Crippen LogP) is 3.79. The summed E-state index contributed by atoms with van der Waals surface area (Å²) >= 11 is 0. The Labute approximate surface area is 170 Å². The smallest absolute Gasteiger partial charge is 0.324 e. The number of anilines is 2. The molecule has 29 heavy (non-hydrogen) atoms. The quantitative estimate of drug-likeness (QED) is 0.517. The van der Waals surface area contributed by atoms with Crippen molar-refractivity contribution in [3.05, 3.63) is 42.2 Å². The molecule has 0 bridgehead atoms. The van der Waals surface area contributed by atoms with E-state index in [4.69, 9.17) is 14.0 Å². The van der Waals surface area contributed by atoms with Gasteiger partial charge in [0.1, 0.15) is 11.5 Å². The number of hydrogen-bond acceptors (Lipinski definition) is 8. The molecule has 0 unspecified atom stereocenters. The van der Waals surface area contributed by atoms with Crippen LogP contribution in [0.1, 0.15) is 19.0 Å². The SMILES string of the molecule is CCN(CCCNc1ccnc(C)c1)c1nc(-c2cc(OC)cc(OC)c2)no1. The molecule has 0 radical (unpaired) electrons. The molecule has 2 aromatic heterocycles. The minimum absolute atomic E-state index is 0.501. The van der Waals surface area contributed by atoms with Gasteiger partial charge in [-0.3, -0.25) is 4.98 Å². The molecule has 0 spiro atoms. The molecule has 0 saturated heterocycles. The van der Waals surface area contributed by atoms with Crippen molar-refractivity contribution in [1.29, 1.82) is 0 Å². The molecule has 154 valence electrons. The first kappa shape index (κ1) is 20.4. The van der Waals surface area contributed by atoms with E-state index < -0.39 is 0 Å². The summed E-state index contributed by atoms with van der Waals surface area (Å²) in [6.45, 7) is 6.47. The van der Waals surface area contributed by atoms with Gasteiger partial charge in [-0.1, -0.05) is 5.16 Å². The number of hydrogen-bond donors (Lipinski definition) is 1. The summed E-state index contributed by atoms with van der Waals surface area (Å²) < 4.78 is 16.1. The van der Waals surface area contributed by atoms with Gasteiger partial charge < -0.3 is 24.2 Å². The molecule has 3 rings (SSSR count). The van der Waals surface area contributed by atoms with E-state index in [0.717, 1.165) is 43.0 Å². The van der Waals surface area contributed by atoms with E-state index in [0.29, 0.717) is 23.3 Å². The third-order valence-electron chi connectivity index (χ3n) is 4.51. The Morgan fingerprint density at radius 2 is 1.86 bits per heavy atom. The fraction of sp³-hybridized carbons (Fsp3) is 0.381. The van der Waals surface area contributed by atoms with Gasteiger partial charge in [-0.05, 0) is 44.5 Å². The molecule has 0 saturated carbocycles. The van der Waals surface area contributed by atoms with E-state index >= 15 is 0 Å². The predicted molar refractivity (Wildman–Crippen MR) is 113 cm³/mol. The zero-order valence-electron chi connectivity index (χ0n) is 17.3. The number of nitrogens with one attached hydrogen (secondary N) is 1. The fourth-order valence-electron chi connectivity index (χ4n) is 2.94. The average Bonchev–Trinajstić information content (AvgIpc) is 3.23. The Hall–Kier alpha value is -3.29. The van der Waals surface area contributed by atoms with Crippen molar-refractivity contribution in [3.63, 3.8) is 0 Å². The van der Waals surface area contributed by atoms with Crippen molar-refractivity contribution in [2.45, 2.75) is 20.3 Å². The molecule has 0 atom stereocenters. The maximum absolute atomic E-state index is 5.50. The van der Waals surface area contributed by atoms with E-state index in [1.165, 1.54) is 0 Å². The highest BCUT2D eigenvalue weighted by atomic mass is 16.5. The first-order valence-electron chi connectivity index (χ1n) is 9.61. The van der Waals surface area contributed by atoms with Crippen LogP contribution in [0.4, 0.5) is 11.7 Å². The third-order valence-corrected chi connectivity index (χ3v) is 4.51. The van der Waals surface area contributed by atoms with Crippen LogP contribution in [-0.4, -0.2) is 49.0 Å². The normalized spacial score (nSPS) is 10.6. The summed E-state index contributed by atoms with van der Waals surface area (Å²) in [4.78, 5) is 10.8. The lowest BCUT2D eigenvalue weighted by Crippen LogP contribution is -2.25. The highest BCUT2D eigenvalue weighted by molar-refractivity contribution is 5.61. The Bertz CT molecular complexity index is 906. The fourth-order valence-corrected chi connectivity index (χ4v) is 2.94. The second-order valence-corrected chi connectivity index (χ2v) is 6.55. The van der Waals surface area contributed by atoms with Gasteiger partial charge in [0.25, 0.3) is 0 Å². The van der Waals surface area contributed by atoms with Crippen molar-refractivity contribution in [2.75, 3.05) is 44.1 Å². The standard InChI is InChI=1S/C21H27N5O3/c1-5-26(10-6-8-23-17-7-9-22-15(2)11-17)21-24-20(25-29-21)16-12-18(27-3)14-19(13-16)28-4/h7,9,11-14H,5-6,8,10H2,1-4H3,(H,22,23). The van der Waals surface area contributed by atoms with E-state index in [1.54, 1.807) is 20.3 Å². The summed E-state index contributed by atoms with van der Waals surface area (Å²) in [6.07, 6.45) is 2.74. The minimum atomic E-state index is 0.501. The molecule has 1 N–H and O–H groups in total. The molecule has 0 amide bonds. The van der Waals surface area contributed by atoms with Crippen LogP contribution >= 0.6 is 0 Å². The van der Waals surface area contributed by atoms with E-state index in [-0.39, 0.29) is 0 Å². The van der Waals surface area contributed by atoms with Crippen LogP contribution in [0.5, 0.6) is 11.5 Å². The summed E-state index contributed by atoms with van der Waals surface area (Å²) in [7, 11) is 3.22. The number of methoxy groups -OCH3 is 2. The second-order valence-electron chi connectivity index (χ2n) is 6.55. The molecular weight excluding hydrogens is 370 g/mol. The van der Waals surface area contributed by atoms with Crippen LogP contribution in [0.25, 0.3) is 11.4 Å². The molecule has 8 nitrogen and oxygen atoms in total. The van der Waals surface area contributed by atoms with E-state index in [9.17, 15) is 0 Å². The van der Waals surface area contributed by atoms with Crippen molar-refractivity contribution < 1.29 is 14.0 Å². The van der Waals surface area contributed by atoms with Crippen LogP contribution in [0.15, 0.2) is 41.1 Å². The molecular formula is C21H27N5O3. The summed E-state index contributed by atoms with van der Waals surface area (Å²) in [5, 5.41) is 7.54. The Balaban J connectivity index is 1.62. The molecule has 0 aliphatic carbocycles. The number of aromatic nitrogens is 3. The molecule has 0 aliphatic rings. The number of aryl methyl sites for hydroxylation is 1. The molecule has 0 fully saturated rings. The minimum Gasteiger partial charge on any atom is -0.497 e. The van der Waals surface area contributed by atoms with Crippen molar-refractivity contribution in [2.24, 2.45) is 0 Å². The van der Waals surface area contributed by atoms with Gasteiger partial charge in [0.2, 0.25) is 5.82 Å². The van der Waals surface area contributed by atoms with Crippen LogP contribution in [-0.2, 0) is 0 Å². The van der Waals surface area contributed by atoms with Crippen LogP contribution in [0.3, 0.4) is 0 Å². The maximum Gasteiger partial charge on any atom is 0.324 e. The summed E-state index contributed by atoms with van der Waals surface area (Å²) in [6, 6.07) is 10.0. The van der Waals surface area contributed by atoms with Crippen LogP contribution < -0.4 is 19.7 Å². The largest absolute Gasteiger partial charge is 0.497 e. The van der Waals surface area contributed by atoms with Gasteiger partial charge in [-0.15, -0.1) is 0 Å². The van der Waals surface area contributed by atoms with Gasteiger partial charge in [0.15, 0.2) is 0 Å². The zero-order valence-corrected chi connectivity index (χ0v) is 17.3. The highest BCUT2D eigenvalue weighted by Crippen LogP contribution is 2.29. The number of benzene rings is 1. The Morgan fingerprint density at radius 1 is 1.10 bits per heavy atom. The first-order valence-corrected chi connectivity index (χ1v) is 9.61. The van der Waals surface area contributed by atoms with Crippen molar-refractivity contribution in [3.8, 4) is 22.9 Å². The number of nitrogens with zero attached hydrogens (tertiary/aromatic N) is 4. The molecule has 1 aromatic carbocycles. The highest BCUT2D eigenvalue weighted by Gasteiger charge is 2.15. The first-order chi connectivity index (χ1) is 14.1.